The monoisotopic (exact) mass is 475 g/mol. The summed E-state index contributed by atoms with van der Waals surface area (Å²) in [4.78, 5) is 11.3. The second-order valence-corrected chi connectivity index (χ2v) is 10.4. The molecule has 0 unspecified atom stereocenters. The number of thiazole rings is 1. The van der Waals surface area contributed by atoms with E-state index in [1.54, 1.807) is 15.9 Å². The van der Waals surface area contributed by atoms with Crippen LogP contribution in [0.4, 0.5) is 0 Å². The van der Waals surface area contributed by atoms with Crippen molar-refractivity contribution in [2.75, 3.05) is 26.2 Å². The van der Waals surface area contributed by atoms with E-state index in [1.807, 2.05) is 6.92 Å². The first kappa shape index (κ1) is 23.0. The van der Waals surface area contributed by atoms with E-state index in [0.29, 0.717) is 5.92 Å². The molecular weight excluding hydrogens is 442 g/mol. The fraction of sp³-hybridized carbons (Fsp3) is 0.407. The molecule has 34 heavy (non-hydrogen) atoms. The Hall–Kier alpha value is -2.74. The second kappa shape index (κ2) is 9.86. The molecule has 6 nitrogen and oxygen atoms in total. The zero-order chi connectivity index (χ0) is 23.7. The van der Waals surface area contributed by atoms with Gasteiger partial charge in [-0.25, -0.2) is 4.98 Å². The first-order valence-corrected chi connectivity index (χ1v) is 13.0. The lowest BCUT2D eigenvalue weighted by Crippen LogP contribution is -2.47. The molecule has 2 aromatic heterocycles. The van der Waals surface area contributed by atoms with Crippen LogP contribution in [0, 0.1) is 0 Å². The quantitative estimate of drug-likeness (QED) is 0.404. The highest BCUT2D eigenvalue weighted by Gasteiger charge is 2.31. The maximum Gasteiger partial charge on any atom is 0.230 e. The van der Waals surface area contributed by atoms with Crippen LogP contribution in [0.5, 0.6) is 5.88 Å². The van der Waals surface area contributed by atoms with Crippen molar-refractivity contribution in [1.82, 2.24) is 24.4 Å². The van der Waals surface area contributed by atoms with Gasteiger partial charge in [0.15, 0.2) is 5.82 Å². The number of hydrogen-bond donors (Lipinski definition) is 1. The van der Waals surface area contributed by atoms with Crippen molar-refractivity contribution in [1.29, 1.82) is 0 Å². The van der Waals surface area contributed by atoms with Crippen molar-refractivity contribution in [3.05, 3.63) is 82.0 Å². The number of nitrogens with zero attached hydrogens (tertiary/aromatic N) is 5. The molecule has 0 amide bonds. The van der Waals surface area contributed by atoms with Gasteiger partial charge in [-0.2, -0.15) is 4.52 Å². The lowest BCUT2D eigenvalue weighted by Gasteiger charge is -2.39. The highest BCUT2D eigenvalue weighted by molar-refractivity contribution is 7.17. The molecule has 178 valence electrons. The number of rotatable bonds is 7. The van der Waals surface area contributed by atoms with Crippen molar-refractivity contribution in [3.63, 3.8) is 0 Å². The van der Waals surface area contributed by atoms with Crippen LogP contribution in [-0.4, -0.2) is 55.7 Å². The largest absolute Gasteiger partial charge is 0.492 e. The lowest BCUT2D eigenvalue weighted by atomic mass is 9.97. The van der Waals surface area contributed by atoms with E-state index in [1.165, 1.54) is 16.7 Å². The minimum Gasteiger partial charge on any atom is -0.492 e. The number of aryl methyl sites for hydroxylation is 1. The molecule has 7 heteroatoms. The van der Waals surface area contributed by atoms with Crippen LogP contribution in [0.3, 0.4) is 0 Å². The van der Waals surface area contributed by atoms with Crippen molar-refractivity contribution < 1.29 is 5.11 Å². The molecule has 0 bridgehead atoms. The molecule has 0 spiro atoms. The van der Waals surface area contributed by atoms with Crippen LogP contribution in [0.15, 0.2) is 54.6 Å². The summed E-state index contributed by atoms with van der Waals surface area (Å²) >= 11 is 1.55. The summed E-state index contributed by atoms with van der Waals surface area (Å²) in [7, 11) is 0. The Morgan fingerprint density at radius 1 is 0.941 bits per heavy atom. The number of fused-ring (bicyclic) bond motifs is 1. The molecular formula is C27H33N5OS. The van der Waals surface area contributed by atoms with Crippen LogP contribution < -0.4 is 0 Å². The van der Waals surface area contributed by atoms with Gasteiger partial charge in [-0.15, -0.1) is 5.10 Å². The summed E-state index contributed by atoms with van der Waals surface area (Å²) in [5, 5.41) is 15.7. The number of aromatic nitrogens is 3. The Labute approximate surface area is 205 Å². The molecule has 1 saturated heterocycles. The van der Waals surface area contributed by atoms with Gasteiger partial charge in [0.2, 0.25) is 10.8 Å². The van der Waals surface area contributed by atoms with E-state index < -0.39 is 0 Å². The third kappa shape index (κ3) is 4.60. The van der Waals surface area contributed by atoms with Crippen LogP contribution in [0.25, 0.3) is 4.96 Å². The van der Waals surface area contributed by atoms with Gasteiger partial charge in [0, 0.05) is 39.1 Å². The SMILES string of the molecule is CCc1nc2sc([C@H](c3ccc(C(C)C)cc3)N3CCN(Cc4ccccc4)CC3)c(O)n2n1. The van der Waals surface area contributed by atoms with E-state index in [9.17, 15) is 5.11 Å². The average molecular weight is 476 g/mol. The summed E-state index contributed by atoms with van der Waals surface area (Å²) < 4.78 is 1.61. The third-order valence-corrected chi connectivity index (χ3v) is 7.82. The summed E-state index contributed by atoms with van der Waals surface area (Å²) in [6.07, 6.45) is 0.757. The number of benzene rings is 2. The predicted octanol–water partition coefficient (Wildman–Crippen LogP) is 5.09. The van der Waals surface area contributed by atoms with E-state index in [2.05, 4.69) is 88.3 Å². The summed E-state index contributed by atoms with van der Waals surface area (Å²) in [6, 6.07) is 19.6. The maximum atomic E-state index is 11.2. The van der Waals surface area contributed by atoms with Crippen molar-refractivity contribution in [3.8, 4) is 5.88 Å². The van der Waals surface area contributed by atoms with Crippen molar-refractivity contribution in [2.24, 2.45) is 0 Å². The maximum absolute atomic E-state index is 11.2. The molecule has 0 saturated carbocycles. The smallest absolute Gasteiger partial charge is 0.230 e. The minimum atomic E-state index is -0.0151. The Morgan fingerprint density at radius 2 is 1.62 bits per heavy atom. The van der Waals surface area contributed by atoms with Gasteiger partial charge in [0.25, 0.3) is 0 Å². The minimum absolute atomic E-state index is 0.0151. The molecule has 1 aliphatic rings. The van der Waals surface area contributed by atoms with Crippen LogP contribution in [-0.2, 0) is 13.0 Å². The standard InChI is InChI=1S/C27H33N5OS/c1-4-23-28-27-32(29-23)26(33)25(34-27)24(22-12-10-21(11-13-22)19(2)3)31-16-14-30(15-17-31)18-20-8-6-5-7-9-20/h5-13,19,24,33H,4,14-18H2,1-3H3/t24-/m0/s1. The highest BCUT2D eigenvalue weighted by Crippen LogP contribution is 2.40. The van der Waals surface area contributed by atoms with E-state index >= 15 is 0 Å². The van der Waals surface area contributed by atoms with Gasteiger partial charge in [-0.1, -0.05) is 86.7 Å². The van der Waals surface area contributed by atoms with Gasteiger partial charge in [-0.05, 0) is 22.6 Å². The van der Waals surface area contributed by atoms with Crippen LogP contribution >= 0.6 is 11.3 Å². The first-order valence-electron chi connectivity index (χ1n) is 12.2. The summed E-state index contributed by atoms with van der Waals surface area (Å²) in [6.45, 7) is 11.3. The summed E-state index contributed by atoms with van der Waals surface area (Å²) in [5.74, 6) is 1.47. The fourth-order valence-corrected chi connectivity index (χ4v) is 5.87. The number of aromatic hydroxyl groups is 1. The number of hydrogen-bond acceptors (Lipinski definition) is 6. The number of piperazine rings is 1. The normalized spacial score (nSPS) is 16.5. The fourth-order valence-electron chi connectivity index (χ4n) is 4.73. The molecule has 4 aromatic rings. The highest BCUT2D eigenvalue weighted by atomic mass is 32.1. The Bertz CT molecular complexity index is 1220. The van der Waals surface area contributed by atoms with Crippen LogP contribution in [0.2, 0.25) is 0 Å². The van der Waals surface area contributed by atoms with Crippen molar-refractivity contribution in [2.45, 2.75) is 45.7 Å². The molecule has 0 aliphatic carbocycles. The van der Waals surface area contributed by atoms with Gasteiger partial charge < -0.3 is 5.11 Å². The molecule has 1 fully saturated rings. The zero-order valence-corrected chi connectivity index (χ0v) is 21.0. The molecule has 1 N–H and O–H groups in total. The van der Waals surface area contributed by atoms with Crippen molar-refractivity contribution >= 4 is 16.3 Å². The first-order chi connectivity index (χ1) is 16.5. The van der Waals surface area contributed by atoms with Gasteiger partial charge >= 0.3 is 0 Å². The van der Waals surface area contributed by atoms with Gasteiger partial charge in [0.1, 0.15) is 0 Å². The molecule has 1 atom stereocenters. The zero-order valence-electron chi connectivity index (χ0n) is 20.2. The summed E-state index contributed by atoms with van der Waals surface area (Å²) in [5.41, 5.74) is 3.89. The van der Waals surface area contributed by atoms with Gasteiger partial charge in [0.05, 0.1) is 10.9 Å². The average Bonchev–Trinajstić information content (AvgIpc) is 3.40. The predicted molar refractivity (Wildman–Crippen MR) is 138 cm³/mol. The second-order valence-electron chi connectivity index (χ2n) is 9.39. The Kier molecular flexibility index (Phi) is 6.68. The van der Waals surface area contributed by atoms with E-state index in [0.717, 1.165) is 54.8 Å². The molecule has 1 aliphatic heterocycles. The van der Waals surface area contributed by atoms with Gasteiger partial charge in [-0.3, -0.25) is 9.80 Å². The molecule has 5 rings (SSSR count). The molecule has 0 radical (unpaired) electrons. The molecule has 2 aromatic carbocycles. The van der Waals surface area contributed by atoms with E-state index in [4.69, 9.17) is 0 Å². The molecule has 3 heterocycles. The topological polar surface area (TPSA) is 56.9 Å². The third-order valence-electron chi connectivity index (χ3n) is 6.75. The van der Waals surface area contributed by atoms with Crippen LogP contribution in [0.1, 0.15) is 60.1 Å². The Balaban J connectivity index is 1.43. The van der Waals surface area contributed by atoms with E-state index in [-0.39, 0.29) is 11.9 Å². The lowest BCUT2D eigenvalue weighted by molar-refractivity contribution is 0.105. The Morgan fingerprint density at radius 3 is 2.24 bits per heavy atom.